The number of para-hydroxylation sites is 2. The van der Waals surface area contributed by atoms with E-state index in [1.54, 1.807) is 6.21 Å². The van der Waals surface area contributed by atoms with Crippen molar-refractivity contribution < 1.29 is 4.79 Å². The van der Waals surface area contributed by atoms with Crippen molar-refractivity contribution in [2.45, 2.75) is 26.3 Å². The maximum atomic E-state index is 13.0. The Balaban J connectivity index is 1.84. The summed E-state index contributed by atoms with van der Waals surface area (Å²) in [7, 11) is 3.98. The summed E-state index contributed by atoms with van der Waals surface area (Å²) in [6, 6.07) is 15.5. The third-order valence-corrected chi connectivity index (χ3v) is 5.42. The van der Waals surface area contributed by atoms with Crippen molar-refractivity contribution in [1.29, 1.82) is 0 Å². The van der Waals surface area contributed by atoms with E-state index >= 15 is 0 Å². The molecule has 32 heavy (non-hydrogen) atoms. The van der Waals surface area contributed by atoms with Crippen LogP contribution in [0.3, 0.4) is 0 Å². The van der Waals surface area contributed by atoms with Gasteiger partial charge in [-0.3, -0.25) is 4.79 Å². The monoisotopic (exact) mass is 429 g/mol. The number of benzene rings is 2. The van der Waals surface area contributed by atoms with Gasteiger partial charge in [0.15, 0.2) is 5.65 Å². The number of nitrogens with two attached hydrogens (primary N) is 1. The van der Waals surface area contributed by atoms with Crippen molar-refractivity contribution in [2.24, 2.45) is 5.10 Å². The number of carbonyl (C=O) groups is 1. The maximum absolute atomic E-state index is 13.0. The van der Waals surface area contributed by atoms with Crippen molar-refractivity contribution >= 4 is 45.8 Å². The van der Waals surface area contributed by atoms with Gasteiger partial charge >= 0.3 is 0 Å². The van der Waals surface area contributed by atoms with Gasteiger partial charge < -0.3 is 16.0 Å². The van der Waals surface area contributed by atoms with E-state index < -0.39 is 0 Å². The van der Waals surface area contributed by atoms with Crippen molar-refractivity contribution in [1.82, 2.24) is 20.0 Å². The van der Waals surface area contributed by atoms with Gasteiger partial charge in [-0.15, -0.1) is 0 Å². The first-order chi connectivity index (χ1) is 15.4. The maximum Gasteiger partial charge on any atom is 0.257 e. The molecule has 0 radical (unpaired) electrons. The van der Waals surface area contributed by atoms with E-state index in [1.165, 1.54) is 4.68 Å². The van der Waals surface area contributed by atoms with E-state index in [0.717, 1.165) is 17.7 Å². The Morgan fingerprint density at radius 2 is 1.81 bits per heavy atom. The zero-order valence-corrected chi connectivity index (χ0v) is 18.7. The Bertz CT molecular complexity index is 1310. The molecule has 4 aromatic rings. The second-order valence-electron chi connectivity index (χ2n) is 7.97. The Labute approximate surface area is 186 Å². The molecule has 1 amide bonds. The molecule has 4 rings (SSSR count). The summed E-state index contributed by atoms with van der Waals surface area (Å²) in [6.45, 7) is 3.96. The number of nitrogens with zero attached hydrogens (tertiary/aromatic N) is 5. The van der Waals surface area contributed by atoms with Gasteiger partial charge in [0.1, 0.15) is 16.9 Å². The van der Waals surface area contributed by atoms with Gasteiger partial charge in [-0.25, -0.2) is 9.97 Å². The Morgan fingerprint density at radius 3 is 2.44 bits per heavy atom. The number of carbonyl (C=O) groups excluding carboxylic acids is 1. The molecule has 0 unspecified atom stereocenters. The fourth-order valence-corrected chi connectivity index (χ4v) is 3.37. The predicted molar refractivity (Wildman–Crippen MR) is 130 cm³/mol. The fourth-order valence-electron chi connectivity index (χ4n) is 3.37. The molecular weight excluding hydrogens is 402 g/mol. The molecule has 0 bridgehead atoms. The van der Waals surface area contributed by atoms with E-state index in [2.05, 4.69) is 10.4 Å². The van der Waals surface area contributed by atoms with Crippen molar-refractivity contribution in [3.8, 4) is 0 Å². The van der Waals surface area contributed by atoms with E-state index in [0.29, 0.717) is 27.8 Å². The van der Waals surface area contributed by atoms with Crippen LogP contribution in [0.2, 0.25) is 0 Å². The normalized spacial score (nSPS) is 12.5. The number of amides is 1. The topological polar surface area (TPSA) is 101 Å². The summed E-state index contributed by atoms with van der Waals surface area (Å²) in [5, 5.41) is 7.53. The molecule has 0 aliphatic carbocycles. The van der Waals surface area contributed by atoms with E-state index in [-0.39, 0.29) is 17.8 Å². The van der Waals surface area contributed by atoms with Gasteiger partial charge in [-0.2, -0.15) is 9.78 Å². The van der Waals surface area contributed by atoms with E-state index in [9.17, 15) is 4.79 Å². The molecule has 2 aromatic heterocycles. The first kappa shape index (κ1) is 21.3. The minimum atomic E-state index is -0.282. The lowest BCUT2D eigenvalue weighted by Gasteiger charge is -2.11. The van der Waals surface area contributed by atoms with Crippen LogP contribution in [0, 0.1) is 0 Å². The summed E-state index contributed by atoms with van der Waals surface area (Å²) in [5.74, 6) is -0.0759. The van der Waals surface area contributed by atoms with Crippen LogP contribution in [0.4, 0.5) is 11.5 Å². The van der Waals surface area contributed by atoms with Crippen LogP contribution in [-0.4, -0.2) is 46.9 Å². The Morgan fingerprint density at radius 1 is 1.16 bits per heavy atom. The van der Waals surface area contributed by atoms with Gasteiger partial charge in [0.05, 0.1) is 17.2 Å². The molecule has 8 heteroatoms. The number of nitrogen functional groups attached to an aromatic ring is 1. The van der Waals surface area contributed by atoms with Gasteiger partial charge in [0.25, 0.3) is 5.91 Å². The highest BCUT2D eigenvalue weighted by Crippen LogP contribution is 2.28. The second-order valence-corrected chi connectivity index (χ2v) is 7.97. The standard InChI is InChI=1S/C24H27N7O/c1-5-15(2)27-24(32)20-21-23(29-19-9-7-6-8-18(19)28-21)31(22(20)25)26-14-16-10-12-17(13-11-16)30(3)4/h6-15H,5,25H2,1-4H3,(H,27,32)/b26-14-/t15-/m1/s1. The zero-order chi connectivity index (χ0) is 22.8. The second kappa shape index (κ2) is 8.66. The Kier molecular flexibility index (Phi) is 5.77. The SMILES string of the molecule is CC[C@@H](C)NC(=O)c1c(N)n(/N=C\c2ccc(N(C)C)cc2)c2nc3ccccc3nc12. The quantitative estimate of drug-likeness (QED) is 0.456. The first-order valence-corrected chi connectivity index (χ1v) is 10.6. The van der Waals surface area contributed by atoms with Crippen molar-refractivity contribution in [2.75, 3.05) is 24.7 Å². The smallest absolute Gasteiger partial charge is 0.257 e. The molecule has 1 atom stereocenters. The van der Waals surface area contributed by atoms with Gasteiger partial charge in [-0.1, -0.05) is 31.2 Å². The van der Waals surface area contributed by atoms with Crippen LogP contribution < -0.4 is 16.0 Å². The number of anilines is 2. The molecule has 0 spiro atoms. The summed E-state index contributed by atoms with van der Waals surface area (Å²) >= 11 is 0. The van der Waals surface area contributed by atoms with Gasteiger partial charge in [-0.05, 0) is 43.2 Å². The van der Waals surface area contributed by atoms with Crippen LogP contribution in [0.15, 0.2) is 53.6 Å². The minimum absolute atomic E-state index is 0.00688. The summed E-state index contributed by atoms with van der Waals surface area (Å²) in [4.78, 5) is 24.5. The molecule has 2 aromatic carbocycles. The lowest BCUT2D eigenvalue weighted by molar-refractivity contribution is 0.0941. The zero-order valence-electron chi connectivity index (χ0n) is 18.7. The van der Waals surface area contributed by atoms with E-state index in [1.807, 2.05) is 81.4 Å². The highest BCUT2D eigenvalue weighted by molar-refractivity contribution is 6.10. The molecule has 0 saturated carbocycles. The number of hydrogen-bond acceptors (Lipinski definition) is 6. The number of nitrogens with one attached hydrogen (secondary N) is 1. The molecule has 8 nitrogen and oxygen atoms in total. The number of aromatic nitrogens is 3. The van der Waals surface area contributed by atoms with E-state index in [4.69, 9.17) is 15.7 Å². The van der Waals surface area contributed by atoms with Crippen LogP contribution in [0.25, 0.3) is 22.2 Å². The predicted octanol–water partition coefficient (Wildman–Crippen LogP) is 3.64. The van der Waals surface area contributed by atoms with Crippen LogP contribution >= 0.6 is 0 Å². The Hall–Kier alpha value is -3.94. The lowest BCUT2D eigenvalue weighted by atomic mass is 10.2. The average Bonchev–Trinajstić information content (AvgIpc) is 3.06. The molecule has 2 heterocycles. The minimum Gasteiger partial charge on any atom is -0.383 e. The molecule has 0 saturated heterocycles. The van der Waals surface area contributed by atoms with Crippen LogP contribution in [-0.2, 0) is 0 Å². The molecule has 164 valence electrons. The largest absolute Gasteiger partial charge is 0.383 e. The number of fused-ring (bicyclic) bond motifs is 2. The highest BCUT2D eigenvalue weighted by atomic mass is 16.1. The number of rotatable bonds is 6. The third-order valence-electron chi connectivity index (χ3n) is 5.42. The molecule has 0 aliphatic heterocycles. The molecule has 3 N–H and O–H groups in total. The summed E-state index contributed by atoms with van der Waals surface area (Å²) in [5.41, 5.74) is 11.0. The number of hydrogen-bond donors (Lipinski definition) is 2. The fraction of sp³-hybridized carbons (Fsp3) is 0.250. The van der Waals surface area contributed by atoms with Gasteiger partial charge in [0, 0.05) is 25.8 Å². The molecule has 0 aliphatic rings. The van der Waals surface area contributed by atoms with Crippen LogP contribution in [0.1, 0.15) is 36.2 Å². The summed E-state index contributed by atoms with van der Waals surface area (Å²) in [6.07, 6.45) is 2.50. The molecular formula is C24H27N7O. The average molecular weight is 430 g/mol. The van der Waals surface area contributed by atoms with Crippen molar-refractivity contribution in [3.63, 3.8) is 0 Å². The van der Waals surface area contributed by atoms with Gasteiger partial charge in [0.2, 0.25) is 0 Å². The first-order valence-electron chi connectivity index (χ1n) is 10.6. The molecule has 0 fully saturated rings. The summed E-state index contributed by atoms with van der Waals surface area (Å²) < 4.78 is 1.49. The van der Waals surface area contributed by atoms with Crippen molar-refractivity contribution in [3.05, 3.63) is 59.7 Å². The lowest BCUT2D eigenvalue weighted by Crippen LogP contribution is -2.32. The highest BCUT2D eigenvalue weighted by Gasteiger charge is 2.24. The third kappa shape index (κ3) is 3.99. The van der Waals surface area contributed by atoms with Crippen LogP contribution in [0.5, 0.6) is 0 Å².